The second-order valence-electron chi connectivity index (χ2n) is 19.6. The predicted octanol–water partition coefficient (Wildman–Crippen LogP) is 19.3. The summed E-state index contributed by atoms with van der Waals surface area (Å²) in [5.74, 6) is -0.875. The molecule has 0 aliphatic heterocycles. The molecule has 6 heteroatoms. The fraction of sp³-hybridized carbons (Fsp3) is 0.850. The van der Waals surface area contributed by atoms with Gasteiger partial charge in [-0.2, -0.15) is 0 Å². The Balaban J connectivity index is 4.30. The van der Waals surface area contributed by atoms with E-state index in [1.54, 1.807) is 0 Å². The van der Waals surface area contributed by atoms with Crippen LogP contribution in [0.3, 0.4) is 0 Å². The summed E-state index contributed by atoms with van der Waals surface area (Å²) in [6, 6.07) is 0. The Kier molecular flexibility index (Phi) is 53.2. The van der Waals surface area contributed by atoms with E-state index in [-0.39, 0.29) is 31.1 Å². The van der Waals surface area contributed by atoms with Gasteiger partial charge in [-0.1, -0.05) is 256 Å². The zero-order valence-electron chi connectivity index (χ0n) is 44.2. The van der Waals surface area contributed by atoms with Crippen molar-refractivity contribution < 1.29 is 28.6 Å². The number of unbranched alkanes of at least 4 members (excludes halogenated alkanes) is 36. The van der Waals surface area contributed by atoms with Crippen molar-refractivity contribution in [1.29, 1.82) is 0 Å². The van der Waals surface area contributed by atoms with Crippen molar-refractivity contribution in [1.82, 2.24) is 0 Å². The fourth-order valence-electron chi connectivity index (χ4n) is 8.46. The van der Waals surface area contributed by atoms with Crippen LogP contribution in [0.4, 0.5) is 0 Å². The van der Waals surface area contributed by atoms with Crippen LogP contribution in [0.15, 0.2) is 36.5 Å². The van der Waals surface area contributed by atoms with Crippen molar-refractivity contribution in [3.63, 3.8) is 0 Å². The Morgan fingerprint density at radius 2 is 0.561 bits per heavy atom. The van der Waals surface area contributed by atoms with Gasteiger partial charge in [0.05, 0.1) is 0 Å². The first-order valence-corrected chi connectivity index (χ1v) is 29.0. The van der Waals surface area contributed by atoms with Crippen LogP contribution in [0.1, 0.15) is 310 Å². The van der Waals surface area contributed by atoms with E-state index < -0.39 is 6.10 Å². The van der Waals surface area contributed by atoms with Gasteiger partial charge >= 0.3 is 17.9 Å². The summed E-state index contributed by atoms with van der Waals surface area (Å²) in [4.78, 5) is 38.1. The maximum Gasteiger partial charge on any atom is 0.306 e. The minimum absolute atomic E-state index is 0.0750. The molecule has 0 rings (SSSR count). The Morgan fingerprint density at radius 1 is 0.303 bits per heavy atom. The van der Waals surface area contributed by atoms with E-state index in [1.165, 1.54) is 186 Å². The molecule has 66 heavy (non-hydrogen) atoms. The van der Waals surface area contributed by atoms with Gasteiger partial charge in [-0.25, -0.2) is 0 Å². The third kappa shape index (κ3) is 52.6. The SMILES string of the molecule is CCCC/C=C\C/C=C\CCCCCCCC(=O)OC(COC(=O)CCCCCCCCCCC/C=C\CCCCCCCCCC)COC(=O)CCCCCCCCCCCCCCC. The lowest BCUT2D eigenvalue weighted by Crippen LogP contribution is -2.30. The molecule has 0 fully saturated rings. The molecule has 0 amide bonds. The largest absolute Gasteiger partial charge is 0.462 e. The van der Waals surface area contributed by atoms with Crippen LogP contribution in [0.2, 0.25) is 0 Å². The van der Waals surface area contributed by atoms with Gasteiger partial charge in [0, 0.05) is 19.3 Å². The van der Waals surface area contributed by atoms with Crippen LogP contribution < -0.4 is 0 Å². The maximum atomic E-state index is 12.8. The molecule has 1 unspecified atom stereocenters. The smallest absolute Gasteiger partial charge is 0.306 e. The first-order chi connectivity index (χ1) is 32.5. The number of rotatable bonds is 53. The summed E-state index contributed by atoms with van der Waals surface area (Å²) < 4.78 is 16.9. The molecule has 0 saturated carbocycles. The Labute approximate surface area is 410 Å². The number of carbonyl (C=O) groups is 3. The molecule has 0 heterocycles. The van der Waals surface area contributed by atoms with E-state index >= 15 is 0 Å². The zero-order valence-corrected chi connectivity index (χ0v) is 44.2. The van der Waals surface area contributed by atoms with Crippen molar-refractivity contribution in [3.05, 3.63) is 36.5 Å². The number of ether oxygens (including phenoxy) is 3. The van der Waals surface area contributed by atoms with E-state index in [0.717, 1.165) is 83.5 Å². The third-order valence-electron chi connectivity index (χ3n) is 12.9. The lowest BCUT2D eigenvalue weighted by Gasteiger charge is -2.18. The number of carbonyl (C=O) groups excluding carboxylic acids is 3. The van der Waals surface area contributed by atoms with Gasteiger partial charge < -0.3 is 14.2 Å². The van der Waals surface area contributed by atoms with Gasteiger partial charge in [0.2, 0.25) is 0 Å². The molecular weight excluding hydrogens is 817 g/mol. The Hall–Kier alpha value is -2.37. The van der Waals surface area contributed by atoms with E-state index in [2.05, 4.69) is 57.2 Å². The summed E-state index contributed by atoms with van der Waals surface area (Å²) in [6.45, 7) is 6.62. The standard InChI is InChI=1S/C60H110O6/c1-4-7-10-13-16-19-22-25-27-28-29-30-31-32-33-36-38-41-44-47-50-53-59(62)65-56-57(55-64-58(61)52-49-46-43-40-37-34-24-21-18-15-12-9-6-3)66-60(63)54-51-48-45-42-39-35-26-23-20-17-14-11-8-5-2/h14,17,23,26,28-29,57H,4-13,15-16,18-22,24-25,27,30-56H2,1-3H3/b17-14-,26-23-,29-28-. The van der Waals surface area contributed by atoms with Gasteiger partial charge in [-0.15, -0.1) is 0 Å². The number of hydrogen-bond acceptors (Lipinski definition) is 6. The van der Waals surface area contributed by atoms with Gasteiger partial charge in [-0.05, 0) is 70.6 Å². The molecule has 0 radical (unpaired) electrons. The lowest BCUT2D eigenvalue weighted by molar-refractivity contribution is -0.167. The zero-order chi connectivity index (χ0) is 47.9. The van der Waals surface area contributed by atoms with Crippen LogP contribution in [0, 0.1) is 0 Å². The van der Waals surface area contributed by atoms with Gasteiger partial charge in [0.1, 0.15) is 13.2 Å². The van der Waals surface area contributed by atoms with Crippen LogP contribution in [-0.2, 0) is 28.6 Å². The topological polar surface area (TPSA) is 78.9 Å². The highest BCUT2D eigenvalue weighted by Crippen LogP contribution is 2.16. The Morgan fingerprint density at radius 3 is 0.894 bits per heavy atom. The van der Waals surface area contributed by atoms with Crippen LogP contribution >= 0.6 is 0 Å². The van der Waals surface area contributed by atoms with E-state index in [1.807, 2.05) is 0 Å². The minimum Gasteiger partial charge on any atom is -0.462 e. The summed E-state index contributed by atoms with van der Waals surface area (Å²) in [7, 11) is 0. The van der Waals surface area contributed by atoms with Gasteiger partial charge in [0.25, 0.3) is 0 Å². The number of allylic oxidation sites excluding steroid dienone is 6. The van der Waals surface area contributed by atoms with Gasteiger partial charge in [-0.3, -0.25) is 14.4 Å². The highest BCUT2D eigenvalue weighted by molar-refractivity contribution is 5.71. The molecular formula is C60H110O6. The highest BCUT2D eigenvalue weighted by Gasteiger charge is 2.19. The van der Waals surface area contributed by atoms with Crippen molar-refractivity contribution in [2.24, 2.45) is 0 Å². The van der Waals surface area contributed by atoms with Crippen LogP contribution in [-0.4, -0.2) is 37.2 Å². The summed E-state index contributed by atoms with van der Waals surface area (Å²) in [5, 5.41) is 0. The molecule has 386 valence electrons. The predicted molar refractivity (Wildman–Crippen MR) is 284 cm³/mol. The maximum absolute atomic E-state index is 12.8. The fourth-order valence-corrected chi connectivity index (χ4v) is 8.46. The monoisotopic (exact) mass is 927 g/mol. The normalized spacial score (nSPS) is 12.2. The van der Waals surface area contributed by atoms with E-state index in [4.69, 9.17) is 14.2 Å². The molecule has 0 saturated heterocycles. The quantitative estimate of drug-likeness (QED) is 0.0262. The molecule has 1 atom stereocenters. The van der Waals surface area contributed by atoms with Gasteiger partial charge in [0.15, 0.2) is 6.10 Å². The second kappa shape index (κ2) is 55.2. The van der Waals surface area contributed by atoms with Crippen LogP contribution in [0.5, 0.6) is 0 Å². The number of esters is 3. The summed E-state index contributed by atoms with van der Waals surface area (Å²) in [6.07, 6.45) is 65.6. The molecule has 0 aromatic carbocycles. The summed E-state index contributed by atoms with van der Waals surface area (Å²) in [5.41, 5.74) is 0. The van der Waals surface area contributed by atoms with E-state index in [9.17, 15) is 14.4 Å². The van der Waals surface area contributed by atoms with Crippen molar-refractivity contribution >= 4 is 17.9 Å². The molecule has 0 aliphatic rings. The minimum atomic E-state index is -0.777. The third-order valence-corrected chi connectivity index (χ3v) is 12.9. The number of hydrogen-bond donors (Lipinski definition) is 0. The first-order valence-electron chi connectivity index (χ1n) is 29.0. The Bertz CT molecular complexity index is 1110. The molecule has 0 aliphatic carbocycles. The second-order valence-corrected chi connectivity index (χ2v) is 19.6. The molecule has 0 bridgehead atoms. The van der Waals surface area contributed by atoms with Crippen LogP contribution in [0.25, 0.3) is 0 Å². The molecule has 0 N–H and O–H groups in total. The van der Waals surface area contributed by atoms with Crippen molar-refractivity contribution in [2.75, 3.05) is 13.2 Å². The summed E-state index contributed by atoms with van der Waals surface area (Å²) >= 11 is 0. The first kappa shape index (κ1) is 63.6. The van der Waals surface area contributed by atoms with Crippen molar-refractivity contribution in [2.45, 2.75) is 316 Å². The molecule has 0 aromatic heterocycles. The van der Waals surface area contributed by atoms with Crippen molar-refractivity contribution in [3.8, 4) is 0 Å². The molecule has 0 aromatic rings. The lowest BCUT2D eigenvalue weighted by atomic mass is 10.0. The average molecular weight is 928 g/mol. The average Bonchev–Trinajstić information content (AvgIpc) is 3.31. The highest BCUT2D eigenvalue weighted by atomic mass is 16.6. The van der Waals surface area contributed by atoms with E-state index in [0.29, 0.717) is 19.3 Å². The molecule has 6 nitrogen and oxygen atoms in total. The molecule has 0 spiro atoms.